The summed E-state index contributed by atoms with van der Waals surface area (Å²) in [4.78, 5) is 12.3. The van der Waals surface area contributed by atoms with Gasteiger partial charge in [0.05, 0.1) is 23.9 Å². The summed E-state index contributed by atoms with van der Waals surface area (Å²) in [7, 11) is 0. The Morgan fingerprint density at radius 2 is 1.96 bits per heavy atom. The van der Waals surface area contributed by atoms with E-state index >= 15 is 0 Å². The molecule has 0 fully saturated rings. The second-order valence-corrected chi connectivity index (χ2v) is 5.87. The van der Waals surface area contributed by atoms with Crippen LogP contribution in [-0.2, 0) is 6.54 Å². The average Bonchev–Trinajstić information content (AvgIpc) is 2.91. The van der Waals surface area contributed by atoms with E-state index in [0.29, 0.717) is 48.4 Å². The van der Waals surface area contributed by atoms with Crippen LogP contribution >= 0.6 is 11.6 Å². The van der Waals surface area contributed by atoms with Crippen LogP contribution in [-0.4, -0.2) is 35.4 Å². The normalized spacial score (nSPS) is 10.6. The Kier molecular flexibility index (Phi) is 7.13. The van der Waals surface area contributed by atoms with E-state index in [1.54, 1.807) is 29.1 Å². The minimum absolute atomic E-state index is 0.140. The largest absolute Gasteiger partial charge is 0.490 e. The second-order valence-electron chi connectivity index (χ2n) is 5.46. The maximum absolute atomic E-state index is 12.3. The lowest BCUT2D eigenvalue weighted by molar-refractivity contribution is 0.0952. The number of benzene rings is 1. The maximum atomic E-state index is 12.3. The monoisotopic (exact) mass is 365 g/mol. The van der Waals surface area contributed by atoms with Gasteiger partial charge in [0.2, 0.25) is 0 Å². The summed E-state index contributed by atoms with van der Waals surface area (Å²) in [6.07, 6.45) is 2.55. The molecule has 0 bridgehead atoms. The van der Waals surface area contributed by atoms with Crippen LogP contribution in [0.4, 0.5) is 0 Å². The van der Waals surface area contributed by atoms with E-state index in [1.165, 1.54) is 0 Å². The number of halogens is 1. The zero-order chi connectivity index (χ0) is 18.2. The quantitative estimate of drug-likeness (QED) is 0.691. The van der Waals surface area contributed by atoms with Gasteiger partial charge in [0.1, 0.15) is 0 Å². The zero-order valence-corrected chi connectivity index (χ0v) is 15.6. The second kappa shape index (κ2) is 9.32. The molecule has 0 saturated heterocycles. The van der Waals surface area contributed by atoms with Gasteiger partial charge in [-0.25, -0.2) is 0 Å². The Bertz CT molecular complexity index is 696. The molecular weight excluding hydrogens is 342 g/mol. The zero-order valence-electron chi connectivity index (χ0n) is 14.8. The molecular formula is C18H24ClN3O3. The first-order valence-electron chi connectivity index (χ1n) is 8.42. The summed E-state index contributed by atoms with van der Waals surface area (Å²) in [6.45, 7) is 7.96. The lowest BCUT2D eigenvalue weighted by Crippen LogP contribution is -2.25. The summed E-state index contributed by atoms with van der Waals surface area (Å²) in [5.41, 5.74) is 1.36. The number of amides is 1. The van der Waals surface area contributed by atoms with Crippen molar-refractivity contribution in [1.82, 2.24) is 15.1 Å². The first-order valence-corrected chi connectivity index (χ1v) is 8.80. The van der Waals surface area contributed by atoms with Crippen LogP contribution < -0.4 is 14.8 Å². The summed E-state index contributed by atoms with van der Waals surface area (Å²) < 4.78 is 12.8. The number of hydrogen-bond acceptors (Lipinski definition) is 4. The average molecular weight is 366 g/mol. The van der Waals surface area contributed by atoms with Gasteiger partial charge < -0.3 is 14.8 Å². The van der Waals surface area contributed by atoms with E-state index < -0.39 is 0 Å². The first kappa shape index (κ1) is 19.1. The third kappa shape index (κ3) is 5.39. The summed E-state index contributed by atoms with van der Waals surface area (Å²) in [5, 5.41) is 7.84. The molecule has 1 N–H and O–H groups in total. The molecule has 1 aromatic carbocycles. The van der Waals surface area contributed by atoms with E-state index in [1.807, 2.05) is 20.8 Å². The van der Waals surface area contributed by atoms with E-state index in [0.717, 1.165) is 12.1 Å². The summed E-state index contributed by atoms with van der Waals surface area (Å²) in [6, 6.07) is 5.21. The van der Waals surface area contributed by atoms with Gasteiger partial charge in [0, 0.05) is 24.8 Å². The van der Waals surface area contributed by atoms with Crippen molar-refractivity contribution in [2.75, 3.05) is 19.8 Å². The van der Waals surface area contributed by atoms with E-state index in [9.17, 15) is 4.79 Å². The Morgan fingerprint density at radius 3 is 2.60 bits per heavy atom. The van der Waals surface area contributed by atoms with Gasteiger partial charge in [0.15, 0.2) is 11.5 Å². The molecule has 1 heterocycles. The number of hydrogen-bond donors (Lipinski definition) is 1. The SMILES string of the molecule is CCOc1ccc(C(=O)NCCCn2cc(Cl)c(C)n2)cc1OCC. The predicted molar refractivity (Wildman–Crippen MR) is 97.7 cm³/mol. The predicted octanol–water partition coefficient (Wildman–Crippen LogP) is 3.46. The van der Waals surface area contributed by atoms with Crippen LogP contribution in [0.3, 0.4) is 0 Å². The van der Waals surface area contributed by atoms with Crippen molar-refractivity contribution in [3.8, 4) is 11.5 Å². The van der Waals surface area contributed by atoms with Crippen molar-refractivity contribution in [3.05, 3.63) is 40.7 Å². The van der Waals surface area contributed by atoms with Crippen molar-refractivity contribution in [2.45, 2.75) is 33.7 Å². The minimum atomic E-state index is -0.140. The highest BCUT2D eigenvalue weighted by Gasteiger charge is 2.11. The van der Waals surface area contributed by atoms with Gasteiger partial charge in [-0.05, 0) is 45.4 Å². The summed E-state index contributed by atoms with van der Waals surface area (Å²) >= 11 is 5.97. The van der Waals surface area contributed by atoms with Gasteiger partial charge in [-0.1, -0.05) is 11.6 Å². The lowest BCUT2D eigenvalue weighted by atomic mass is 10.2. The molecule has 0 aliphatic carbocycles. The van der Waals surface area contributed by atoms with Crippen molar-refractivity contribution < 1.29 is 14.3 Å². The molecule has 0 atom stereocenters. The van der Waals surface area contributed by atoms with Crippen molar-refractivity contribution >= 4 is 17.5 Å². The van der Waals surface area contributed by atoms with Gasteiger partial charge in [-0.3, -0.25) is 9.48 Å². The highest BCUT2D eigenvalue weighted by molar-refractivity contribution is 6.31. The van der Waals surface area contributed by atoms with E-state index in [2.05, 4.69) is 10.4 Å². The van der Waals surface area contributed by atoms with Gasteiger partial charge in [-0.2, -0.15) is 5.10 Å². The molecule has 0 aliphatic rings. The molecule has 1 aromatic heterocycles. The minimum Gasteiger partial charge on any atom is -0.490 e. The molecule has 1 amide bonds. The molecule has 0 spiro atoms. The van der Waals surface area contributed by atoms with Crippen molar-refractivity contribution in [3.63, 3.8) is 0 Å². The Hall–Kier alpha value is -2.21. The standard InChI is InChI=1S/C18H24ClN3O3/c1-4-24-16-8-7-14(11-17(16)25-5-2)18(23)20-9-6-10-22-12-15(19)13(3)21-22/h7-8,11-12H,4-6,9-10H2,1-3H3,(H,20,23). The van der Waals surface area contributed by atoms with Crippen LogP contribution in [0.2, 0.25) is 5.02 Å². The highest BCUT2D eigenvalue weighted by atomic mass is 35.5. The first-order chi connectivity index (χ1) is 12.0. The fraction of sp³-hybridized carbons (Fsp3) is 0.444. The molecule has 7 heteroatoms. The fourth-order valence-electron chi connectivity index (χ4n) is 2.35. The Balaban J connectivity index is 1.88. The van der Waals surface area contributed by atoms with Crippen LogP contribution in [0.1, 0.15) is 36.3 Å². The van der Waals surface area contributed by atoms with Crippen LogP contribution in [0.25, 0.3) is 0 Å². The Labute approximate surface area is 153 Å². The number of ether oxygens (including phenoxy) is 2. The van der Waals surface area contributed by atoms with Gasteiger partial charge in [-0.15, -0.1) is 0 Å². The molecule has 136 valence electrons. The highest BCUT2D eigenvalue weighted by Crippen LogP contribution is 2.28. The van der Waals surface area contributed by atoms with Crippen LogP contribution in [0.15, 0.2) is 24.4 Å². The van der Waals surface area contributed by atoms with Crippen molar-refractivity contribution in [2.24, 2.45) is 0 Å². The van der Waals surface area contributed by atoms with Crippen molar-refractivity contribution in [1.29, 1.82) is 0 Å². The number of nitrogens with zero attached hydrogens (tertiary/aromatic N) is 2. The fourth-order valence-corrected chi connectivity index (χ4v) is 2.50. The molecule has 0 aliphatic heterocycles. The van der Waals surface area contributed by atoms with Crippen LogP contribution in [0, 0.1) is 6.92 Å². The smallest absolute Gasteiger partial charge is 0.251 e. The lowest BCUT2D eigenvalue weighted by Gasteiger charge is -2.12. The molecule has 2 aromatic rings. The number of carbonyl (C=O) groups excluding carboxylic acids is 1. The molecule has 6 nitrogen and oxygen atoms in total. The van der Waals surface area contributed by atoms with Gasteiger partial charge >= 0.3 is 0 Å². The van der Waals surface area contributed by atoms with E-state index in [4.69, 9.17) is 21.1 Å². The summed E-state index contributed by atoms with van der Waals surface area (Å²) in [5.74, 6) is 1.09. The maximum Gasteiger partial charge on any atom is 0.251 e. The number of rotatable bonds is 9. The van der Waals surface area contributed by atoms with E-state index in [-0.39, 0.29) is 5.91 Å². The number of carbonyl (C=O) groups is 1. The topological polar surface area (TPSA) is 65.4 Å². The third-order valence-electron chi connectivity index (χ3n) is 3.54. The number of aryl methyl sites for hydroxylation is 2. The molecule has 25 heavy (non-hydrogen) atoms. The molecule has 2 rings (SSSR count). The van der Waals surface area contributed by atoms with Gasteiger partial charge in [0.25, 0.3) is 5.91 Å². The number of aromatic nitrogens is 2. The molecule has 0 saturated carbocycles. The molecule has 0 radical (unpaired) electrons. The molecule has 0 unspecified atom stereocenters. The van der Waals surface area contributed by atoms with Crippen LogP contribution in [0.5, 0.6) is 11.5 Å². The Morgan fingerprint density at radius 1 is 1.24 bits per heavy atom. The third-order valence-corrected chi connectivity index (χ3v) is 3.91. The number of nitrogens with one attached hydrogen (secondary N) is 1.